The van der Waals surface area contributed by atoms with Crippen LogP contribution in [0.2, 0.25) is 0 Å². The highest BCUT2D eigenvalue weighted by atomic mass is 35.5. The Labute approximate surface area is 164 Å². The normalized spacial score (nSPS) is 13.4. The summed E-state index contributed by atoms with van der Waals surface area (Å²) in [4.78, 5) is 17.3. The number of para-hydroxylation sites is 2. The number of nitrogens with zero attached hydrogens (tertiary/aromatic N) is 3. The highest BCUT2D eigenvalue weighted by Gasteiger charge is 2.21. The molecule has 0 aliphatic carbocycles. The first-order valence-electron chi connectivity index (χ1n) is 9.16. The minimum atomic E-state index is -0.126. The molecule has 2 aromatic heterocycles. The Balaban J connectivity index is 0.00000210. The minimum Gasteiger partial charge on any atom is -0.350 e. The quantitative estimate of drug-likeness (QED) is 0.626. The van der Waals surface area contributed by atoms with E-state index >= 15 is 0 Å². The highest BCUT2D eigenvalue weighted by molar-refractivity contribution is 5.94. The number of imidazole rings is 1. The molecular formula is C19H25ClN6O. The van der Waals surface area contributed by atoms with Gasteiger partial charge in [0.15, 0.2) is 5.69 Å². The predicted molar refractivity (Wildman–Crippen MR) is 107 cm³/mol. The molecule has 0 atom stereocenters. The first-order chi connectivity index (χ1) is 12.6. The molecule has 0 bridgehead atoms. The lowest BCUT2D eigenvalue weighted by Crippen LogP contribution is -2.30. The lowest BCUT2D eigenvalue weighted by Gasteiger charge is -2.14. The molecular weight excluding hydrogens is 364 g/mol. The zero-order chi connectivity index (χ0) is 18.1. The fourth-order valence-electron chi connectivity index (χ4n) is 3.63. The van der Waals surface area contributed by atoms with E-state index in [1.54, 1.807) is 0 Å². The molecule has 3 N–H and O–H groups in total. The van der Waals surface area contributed by atoms with Gasteiger partial charge in [-0.3, -0.25) is 9.89 Å². The second-order valence-corrected chi connectivity index (χ2v) is 6.94. The molecule has 7 nitrogen and oxygen atoms in total. The summed E-state index contributed by atoms with van der Waals surface area (Å²) in [5.41, 5.74) is 4.69. The number of aromatic nitrogens is 4. The van der Waals surface area contributed by atoms with Crippen LogP contribution in [0, 0.1) is 0 Å². The Hall–Kier alpha value is -2.38. The van der Waals surface area contributed by atoms with Crippen molar-refractivity contribution in [3.63, 3.8) is 0 Å². The molecule has 1 amide bonds. The first kappa shape index (κ1) is 19.4. The third-order valence-corrected chi connectivity index (χ3v) is 4.84. The summed E-state index contributed by atoms with van der Waals surface area (Å²) >= 11 is 0. The average molecular weight is 389 g/mol. The van der Waals surface area contributed by atoms with Gasteiger partial charge in [-0.1, -0.05) is 12.1 Å². The maximum Gasteiger partial charge on any atom is 0.272 e. The van der Waals surface area contributed by atoms with Crippen molar-refractivity contribution in [2.45, 2.75) is 39.3 Å². The molecule has 0 spiro atoms. The van der Waals surface area contributed by atoms with Crippen LogP contribution in [0.4, 0.5) is 0 Å². The number of hydrogen-bond donors (Lipinski definition) is 3. The summed E-state index contributed by atoms with van der Waals surface area (Å²) < 4.78 is 2.24. The van der Waals surface area contributed by atoms with Crippen LogP contribution in [0.15, 0.2) is 24.3 Å². The number of carbonyl (C=O) groups is 1. The van der Waals surface area contributed by atoms with E-state index in [4.69, 9.17) is 4.98 Å². The van der Waals surface area contributed by atoms with Gasteiger partial charge in [0.25, 0.3) is 5.91 Å². The van der Waals surface area contributed by atoms with Crippen molar-refractivity contribution in [3.05, 3.63) is 47.0 Å². The summed E-state index contributed by atoms with van der Waals surface area (Å²) in [6.45, 7) is 6.45. The number of aromatic amines is 1. The standard InChI is InChI=1S/C19H24N6O.ClH/c1-12(2)25-16-6-4-3-5-15(16)22-17(25)8-10-21-19(26)18-13-11-20-9-7-14(13)23-24-18;/h3-6,12,20H,7-11H2,1-2H3,(H,21,26)(H,23,24);1H. The van der Waals surface area contributed by atoms with Crippen molar-refractivity contribution in [3.8, 4) is 0 Å². The van der Waals surface area contributed by atoms with Crippen molar-refractivity contribution in [1.82, 2.24) is 30.4 Å². The average Bonchev–Trinajstić information content (AvgIpc) is 3.22. The van der Waals surface area contributed by atoms with Gasteiger partial charge < -0.3 is 15.2 Å². The highest BCUT2D eigenvalue weighted by Crippen LogP contribution is 2.21. The van der Waals surface area contributed by atoms with E-state index in [1.807, 2.05) is 18.2 Å². The molecule has 27 heavy (non-hydrogen) atoms. The number of rotatable bonds is 5. The van der Waals surface area contributed by atoms with Crippen molar-refractivity contribution in [2.75, 3.05) is 13.1 Å². The van der Waals surface area contributed by atoms with Gasteiger partial charge >= 0.3 is 0 Å². The number of nitrogens with one attached hydrogen (secondary N) is 3. The Morgan fingerprint density at radius 2 is 2.15 bits per heavy atom. The molecule has 0 unspecified atom stereocenters. The van der Waals surface area contributed by atoms with E-state index in [0.717, 1.165) is 41.1 Å². The van der Waals surface area contributed by atoms with Crippen LogP contribution in [0.1, 0.15) is 47.5 Å². The lowest BCUT2D eigenvalue weighted by atomic mass is 10.1. The Bertz CT molecular complexity index is 945. The van der Waals surface area contributed by atoms with Crippen LogP contribution in [0.3, 0.4) is 0 Å². The van der Waals surface area contributed by atoms with Crippen LogP contribution in [0.25, 0.3) is 11.0 Å². The summed E-state index contributed by atoms with van der Waals surface area (Å²) in [7, 11) is 0. The molecule has 3 heterocycles. The number of H-pyrrole nitrogens is 1. The molecule has 144 valence electrons. The van der Waals surface area contributed by atoms with Gasteiger partial charge in [-0.2, -0.15) is 5.10 Å². The fourth-order valence-corrected chi connectivity index (χ4v) is 3.63. The first-order valence-corrected chi connectivity index (χ1v) is 9.16. The van der Waals surface area contributed by atoms with E-state index in [0.29, 0.717) is 31.2 Å². The van der Waals surface area contributed by atoms with E-state index in [-0.39, 0.29) is 18.3 Å². The van der Waals surface area contributed by atoms with E-state index in [1.165, 1.54) is 0 Å². The van der Waals surface area contributed by atoms with Crippen LogP contribution in [-0.4, -0.2) is 38.7 Å². The van der Waals surface area contributed by atoms with Crippen molar-refractivity contribution < 1.29 is 4.79 Å². The van der Waals surface area contributed by atoms with Crippen LogP contribution in [0.5, 0.6) is 0 Å². The maximum atomic E-state index is 12.5. The molecule has 1 aromatic carbocycles. The second-order valence-electron chi connectivity index (χ2n) is 6.94. The van der Waals surface area contributed by atoms with E-state index in [2.05, 4.69) is 45.3 Å². The molecule has 0 radical (unpaired) electrons. The molecule has 3 aromatic rings. The molecule has 0 saturated heterocycles. The van der Waals surface area contributed by atoms with Gasteiger partial charge in [0.1, 0.15) is 5.82 Å². The number of benzene rings is 1. The summed E-state index contributed by atoms with van der Waals surface area (Å²) in [6, 6.07) is 8.47. The minimum absolute atomic E-state index is 0. The second kappa shape index (κ2) is 8.10. The van der Waals surface area contributed by atoms with Gasteiger partial charge in [0, 0.05) is 49.8 Å². The van der Waals surface area contributed by atoms with Gasteiger partial charge in [-0.15, -0.1) is 12.4 Å². The zero-order valence-corrected chi connectivity index (χ0v) is 16.4. The fraction of sp³-hybridized carbons (Fsp3) is 0.421. The van der Waals surface area contributed by atoms with E-state index < -0.39 is 0 Å². The molecule has 0 fully saturated rings. The van der Waals surface area contributed by atoms with Crippen LogP contribution >= 0.6 is 12.4 Å². The maximum absolute atomic E-state index is 12.5. The Morgan fingerprint density at radius 1 is 1.33 bits per heavy atom. The van der Waals surface area contributed by atoms with Gasteiger partial charge in [0.2, 0.25) is 0 Å². The molecule has 1 aliphatic heterocycles. The number of halogens is 1. The van der Waals surface area contributed by atoms with Gasteiger partial charge in [0.05, 0.1) is 11.0 Å². The Morgan fingerprint density at radius 3 is 2.96 bits per heavy atom. The molecule has 4 rings (SSSR count). The summed E-state index contributed by atoms with van der Waals surface area (Å²) in [5.74, 6) is 0.866. The number of hydrogen-bond acceptors (Lipinski definition) is 4. The third-order valence-electron chi connectivity index (χ3n) is 4.84. The largest absolute Gasteiger partial charge is 0.350 e. The molecule has 8 heteroatoms. The van der Waals surface area contributed by atoms with Gasteiger partial charge in [-0.25, -0.2) is 4.98 Å². The van der Waals surface area contributed by atoms with Crippen LogP contribution < -0.4 is 10.6 Å². The summed E-state index contributed by atoms with van der Waals surface area (Å²) in [6.07, 6.45) is 1.57. The number of amides is 1. The number of fused-ring (bicyclic) bond motifs is 2. The zero-order valence-electron chi connectivity index (χ0n) is 15.6. The third kappa shape index (κ3) is 3.70. The van der Waals surface area contributed by atoms with Crippen molar-refractivity contribution in [1.29, 1.82) is 0 Å². The topological polar surface area (TPSA) is 87.6 Å². The van der Waals surface area contributed by atoms with Crippen LogP contribution in [-0.2, 0) is 19.4 Å². The monoisotopic (exact) mass is 388 g/mol. The SMILES string of the molecule is CC(C)n1c(CCNC(=O)c2n[nH]c3c2CNCC3)nc2ccccc21.Cl. The predicted octanol–water partition coefficient (Wildman–Crippen LogP) is 2.38. The smallest absolute Gasteiger partial charge is 0.272 e. The molecule has 0 saturated carbocycles. The summed E-state index contributed by atoms with van der Waals surface area (Å²) in [5, 5.41) is 13.5. The molecule has 1 aliphatic rings. The lowest BCUT2D eigenvalue weighted by molar-refractivity contribution is 0.0947. The van der Waals surface area contributed by atoms with Gasteiger partial charge in [-0.05, 0) is 26.0 Å². The number of carbonyl (C=O) groups excluding carboxylic acids is 1. The van der Waals surface area contributed by atoms with Crippen molar-refractivity contribution >= 4 is 29.3 Å². The van der Waals surface area contributed by atoms with Crippen molar-refractivity contribution in [2.24, 2.45) is 0 Å². The Kier molecular flexibility index (Phi) is 5.82. The van der Waals surface area contributed by atoms with E-state index in [9.17, 15) is 4.79 Å².